The van der Waals surface area contributed by atoms with E-state index in [-0.39, 0.29) is 5.69 Å². The molecule has 4 nitrogen and oxygen atoms in total. The summed E-state index contributed by atoms with van der Waals surface area (Å²) in [4.78, 5) is 10.2. The summed E-state index contributed by atoms with van der Waals surface area (Å²) in [5.74, 6) is 0.672. The molecule has 0 spiro atoms. The third kappa shape index (κ3) is 3.51. The number of halogens is 2. The summed E-state index contributed by atoms with van der Waals surface area (Å²) < 4.78 is 4.04. The summed E-state index contributed by atoms with van der Waals surface area (Å²) >= 11 is -2.03. The number of non-ortho nitro benzene ring substituents is 1. The summed E-state index contributed by atoms with van der Waals surface area (Å²) in [6, 6.07) is 4.42. The molecule has 0 heterocycles. The van der Waals surface area contributed by atoms with Gasteiger partial charge in [0.05, 0.1) is 0 Å². The van der Waals surface area contributed by atoms with Crippen LogP contribution in [0.5, 0.6) is 5.75 Å². The first-order valence-corrected chi connectivity index (χ1v) is 9.47. The van der Waals surface area contributed by atoms with E-state index in [1.165, 1.54) is 12.1 Å². The summed E-state index contributed by atoms with van der Waals surface area (Å²) in [6.45, 7) is 0. The van der Waals surface area contributed by atoms with Gasteiger partial charge in [-0.05, 0) is 0 Å². The van der Waals surface area contributed by atoms with Crippen LogP contribution >= 0.6 is 19.4 Å². The van der Waals surface area contributed by atoms with Gasteiger partial charge in [-0.25, -0.2) is 0 Å². The molecule has 90 valence electrons. The maximum absolute atomic E-state index is 10.6. The van der Waals surface area contributed by atoms with Crippen LogP contribution in [0.15, 0.2) is 18.2 Å². The molecule has 7 heteroatoms. The van der Waals surface area contributed by atoms with Crippen LogP contribution < -0.4 is 0 Å². The zero-order valence-corrected chi connectivity index (χ0v) is 11.5. The predicted molar refractivity (Wildman–Crippen MR) is 61.8 cm³/mol. The fraction of sp³-hybridized carbons (Fsp3) is 0.111. The fourth-order valence-corrected chi connectivity index (χ4v) is 2.91. The van der Waals surface area contributed by atoms with E-state index in [2.05, 4.69) is 11.5 Å². The fourth-order valence-electron chi connectivity index (χ4n) is 1.13. The van der Waals surface area contributed by atoms with Crippen LogP contribution in [0.4, 0.5) is 5.69 Å². The molecule has 0 amide bonds. The Hall–Kier alpha value is -0.507. The zero-order valence-electron chi connectivity index (χ0n) is 8.30. The van der Waals surface area contributed by atoms with Crippen molar-refractivity contribution in [2.45, 2.75) is 0 Å². The van der Waals surface area contributed by atoms with Crippen molar-refractivity contribution in [3.05, 3.63) is 41.0 Å². The number of rotatable bonds is 3. The van der Waals surface area contributed by atoms with Gasteiger partial charge in [0, 0.05) is 0 Å². The molecular formula is C9H9Cl2NO3Ru. The number of nitro benzene ring substituents is 1. The third-order valence-electron chi connectivity index (χ3n) is 1.77. The van der Waals surface area contributed by atoms with E-state index in [9.17, 15) is 10.1 Å². The first-order valence-electron chi connectivity index (χ1n) is 3.99. The van der Waals surface area contributed by atoms with Crippen molar-refractivity contribution in [1.82, 2.24) is 0 Å². The predicted octanol–water partition coefficient (Wildman–Crippen LogP) is 3.36. The van der Waals surface area contributed by atoms with Gasteiger partial charge in [0.1, 0.15) is 0 Å². The minimum absolute atomic E-state index is 0.00111. The average Bonchev–Trinajstić information content (AvgIpc) is 2.15. The van der Waals surface area contributed by atoms with Gasteiger partial charge in [-0.3, -0.25) is 0 Å². The molecule has 0 saturated carbocycles. The van der Waals surface area contributed by atoms with Crippen molar-refractivity contribution in [3.8, 4) is 5.75 Å². The Morgan fingerprint density at radius 2 is 2.19 bits per heavy atom. The summed E-state index contributed by atoms with van der Waals surface area (Å²) in [5, 5.41) is 10.6. The molecule has 0 N–H and O–H groups in total. The number of hydrogen-bond acceptors (Lipinski definition) is 2. The van der Waals surface area contributed by atoms with E-state index >= 15 is 0 Å². The van der Waals surface area contributed by atoms with Crippen LogP contribution in [0, 0.1) is 17.2 Å². The van der Waals surface area contributed by atoms with Gasteiger partial charge in [-0.2, -0.15) is 0 Å². The Kier molecular flexibility index (Phi) is 4.84. The summed E-state index contributed by atoms with van der Waals surface area (Å²) in [5.41, 5.74) is 0.613. The summed E-state index contributed by atoms with van der Waals surface area (Å²) in [6.07, 6.45) is 0. The third-order valence-corrected chi connectivity index (χ3v) is 3.60. The molecule has 0 aliphatic heterocycles. The second kappa shape index (κ2) is 5.71. The molecule has 0 saturated heterocycles. The van der Waals surface area contributed by atoms with Crippen LogP contribution in [0.2, 0.25) is 0 Å². The Balaban J connectivity index is 3.32. The molecule has 0 aromatic heterocycles. The van der Waals surface area contributed by atoms with Crippen molar-refractivity contribution < 1.29 is 22.8 Å². The molecule has 1 rings (SSSR count). The van der Waals surface area contributed by atoms with Gasteiger partial charge in [-0.15, -0.1) is 0 Å². The first-order chi connectivity index (χ1) is 7.41. The normalized spacial score (nSPS) is 10.9. The average molecular weight is 351 g/mol. The molecule has 0 unspecified atom stereocenters. The molecule has 1 aromatic carbocycles. The first kappa shape index (κ1) is 13.6. The van der Waals surface area contributed by atoms with Crippen LogP contribution in [-0.4, -0.2) is 16.6 Å². The molecule has 0 atom stereocenters. The minimum atomic E-state index is -2.03. The monoisotopic (exact) mass is 351 g/mol. The number of benzene rings is 1. The number of hydrogen-bond donors (Lipinski definition) is 0. The van der Waals surface area contributed by atoms with E-state index in [0.29, 0.717) is 11.3 Å². The van der Waals surface area contributed by atoms with Crippen LogP contribution in [0.1, 0.15) is 5.56 Å². The standard InChI is InChI=1S/C9H9NO3.2ClH.Ru/c1-7-6-8(10(11)12)4-5-9(7)13(2)3;;;/h1,4-6H,2H2,3H3;2*1H;/q;;;+2/p-2. The van der Waals surface area contributed by atoms with Crippen molar-refractivity contribution in [1.29, 1.82) is 0 Å². The van der Waals surface area contributed by atoms with E-state index < -0.39 is 18.4 Å². The van der Waals surface area contributed by atoms with E-state index in [1.54, 1.807) is 17.8 Å². The van der Waals surface area contributed by atoms with Gasteiger partial charge in [0.2, 0.25) is 0 Å². The quantitative estimate of drug-likeness (QED) is 0.276. The van der Waals surface area contributed by atoms with Crippen molar-refractivity contribution >= 4 is 29.7 Å². The SMILES string of the molecule is [CH2-][O+](C)c1ccc([N+](=O)[O-])cc1[CH]=[Ru]([Cl])[Cl]. The molecule has 1 aromatic rings. The van der Waals surface area contributed by atoms with Crippen LogP contribution in [-0.2, 0) is 17.9 Å². The topological polar surface area (TPSA) is 45.8 Å². The van der Waals surface area contributed by atoms with Crippen LogP contribution in [0.25, 0.3) is 0 Å². The zero-order chi connectivity index (χ0) is 12.3. The Morgan fingerprint density at radius 1 is 1.56 bits per heavy atom. The number of nitrogens with zero attached hydrogens (tertiary/aromatic N) is 1. The van der Waals surface area contributed by atoms with Crippen molar-refractivity contribution in [2.75, 3.05) is 7.11 Å². The van der Waals surface area contributed by atoms with E-state index in [4.69, 9.17) is 19.4 Å². The summed E-state index contributed by atoms with van der Waals surface area (Å²) in [7, 11) is 16.8. The Bertz CT molecular complexity index is 444. The van der Waals surface area contributed by atoms with Gasteiger partial charge in [-0.1, -0.05) is 0 Å². The Labute approximate surface area is 106 Å². The molecule has 0 fully saturated rings. The van der Waals surface area contributed by atoms with Gasteiger partial charge in [0.15, 0.2) is 0 Å². The second-order valence-corrected chi connectivity index (χ2v) is 8.65. The molecule has 16 heavy (non-hydrogen) atoms. The van der Waals surface area contributed by atoms with Gasteiger partial charge < -0.3 is 0 Å². The molecule has 0 bridgehead atoms. The number of nitro groups is 1. The maximum atomic E-state index is 10.6. The molecule has 0 aliphatic rings. The molecule has 0 radical (unpaired) electrons. The van der Waals surface area contributed by atoms with Gasteiger partial charge in [0.25, 0.3) is 0 Å². The van der Waals surface area contributed by atoms with Crippen molar-refractivity contribution in [2.24, 2.45) is 0 Å². The van der Waals surface area contributed by atoms with Crippen molar-refractivity contribution in [3.63, 3.8) is 0 Å². The van der Waals surface area contributed by atoms with Gasteiger partial charge >= 0.3 is 106 Å². The van der Waals surface area contributed by atoms with E-state index in [1.807, 2.05) is 0 Å². The molecule has 0 aliphatic carbocycles. The van der Waals surface area contributed by atoms with E-state index in [0.717, 1.165) is 0 Å². The van der Waals surface area contributed by atoms with Crippen LogP contribution in [0.3, 0.4) is 0 Å². The Morgan fingerprint density at radius 3 is 2.62 bits per heavy atom. The molecular weight excluding hydrogens is 342 g/mol. The second-order valence-electron chi connectivity index (χ2n) is 2.92.